The van der Waals surface area contributed by atoms with E-state index >= 15 is 0 Å². The van der Waals surface area contributed by atoms with E-state index in [1.54, 1.807) is 6.20 Å². The van der Waals surface area contributed by atoms with Gasteiger partial charge in [-0.2, -0.15) is 0 Å². The summed E-state index contributed by atoms with van der Waals surface area (Å²) >= 11 is 1.38. The largest absolute Gasteiger partial charge is 0.396 e. The zero-order valence-corrected chi connectivity index (χ0v) is 12.2. The first-order valence-electron chi connectivity index (χ1n) is 6.71. The highest BCUT2D eigenvalue weighted by molar-refractivity contribution is 7.21. The number of nitrogens with two attached hydrogens (primary N) is 1. The van der Waals surface area contributed by atoms with Crippen molar-refractivity contribution < 1.29 is 4.79 Å². The van der Waals surface area contributed by atoms with Gasteiger partial charge in [0, 0.05) is 12.7 Å². The molecule has 21 heavy (non-hydrogen) atoms. The number of carbonyl (C=O) groups is 1. The summed E-state index contributed by atoms with van der Waals surface area (Å²) in [6, 6.07) is 13.8. The maximum absolute atomic E-state index is 12.2. The van der Waals surface area contributed by atoms with Crippen LogP contribution in [0, 0.1) is 0 Å². The van der Waals surface area contributed by atoms with Crippen LogP contribution < -0.4 is 11.1 Å². The number of aromatic nitrogens is 1. The minimum absolute atomic E-state index is 0.133. The molecule has 0 spiro atoms. The standard InChI is InChI=1S/C16H15N3OS/c17-13-14-12(7-4-9-18-14)21-15(13)16(20)19-10-8-11-5-2-1-3-6-11/h1-7,9H,8,10,17H2,(H,19,20). The van der Waals surface area contributed by atoms with Crippen molar-refractivity contribution in [1.82, 2.24) is 10.3 Å². The molecule has 0 aliphatic rings. The maximum Gasteiger partial charge on any atom is 0.263 e. The third-order valence-corrected chi connectivity index (χ3v) is 4.39. The summed E-state index contributed by atoms with van der Waals surface area (Å²) in [5, 5.41) is 2.91. The van der Waals surface area contributed by atoms with Gasteiger partial charge in [0.25, 0.3) is 5.91 Å². The first-order chi connectivity index (χ1) is 10.3. The van der Waals surface area contributed by atoms with Gasteiger partial charge >= 0.3 is 0 Å². The fourth-order valence-corrected chi connectivity index (χ4v) is 3.16. The van der Waals surface area contributed by atoms with E-state index in [0.29, 0.717) is 22.6 Å². The monoisotopic (exact) mass is 297 g/mol. The number of rotatable bonds is 4. The van der Waals surface area contributed by atoms with Crippen LogP contribution in [-0.4, -0.2) is 17.4 Å². The summed E-state index contributed by atoms with van der Waals surface area (Å²) in [5.41, 5.74) is 8.38. The van der Waals surface area contributed by atoms with Crippen molar-refractivity contribution in [3.05, 3.63) is 59.1 Å². The van der Waals surface area contributed by atoms with Crippen LogP contribution in [0.2, 0.25) is 0 Å². The molecule has 3 aromatic rings. The topological polar surface area (TPSA) is 68.0 Å². The predicted molar refractivity (Wildman–Crippen MR) is 86.5 cm³/mol. The van der Waals surface area contributed by atoms with Crippen LogP contribution in [0.5, 0.6) is 0 Å². The second-order valence-corrected chi connectivity index (χ2v) is 5.74. The van der Waals surface area contributed by atoms with Crippen molar-refractivity contribution in [1.29, 1.82) is 0 Å². The normalized spacial score (nSPS) is 10.7. The van der Waals surface area contributed by atoms with Gasteiger partial charge in [-0.1, -0.05) is 30.3 Å². The third-order valence-electron chi connectivity index (χ3n) is 3.23. The third kappa shape index (κ3) is 2.87. The number of nitrogens with zero attached hydrogens (tertiary/aromatic N) is 1. The Balaban J connectivity index is 1.68. The second-order valence-electron chi connectivity index (χ2n) is 4.69. The van der Waals surface area contributed by atoms with Gasteiger partial charge in [-0.3, -0.25) is 9.78 Å². The molecule has 0 atom stereocenters. The fourth-order valence-electron chi connectivity index (χ4n) is 2.16. The SMILES string of the molecule is Nc1c(C(=O)NCCc2ccccc2)sc2cccnc12. The Kier molecular flexibility index (Phi) is 3.83. The van der Waals surface area contributed by atoms with Crippen molar-refractivity contribution in [2.45, 2.75) is 6.42 Å². The van der Waals surface area contributed by atoms with Crippen LogP contribution in [0.25, 0.3) is 10.2 Å². The van der Waals surface area contributed by atoms with Crippen molar-refractivity contribution in [2.75, 3.05) is 12.3 Å². The smallest absolute Gasteiger partial charge is 0.263 e. The molecule has 5 heteroatoms. The van der Waals surface area contributed by atoms with Gasteiger partial charge in [-0.05, 0) is 24.1 Å². The van der Waals surface area contributed by atoms with E-state index in [0.717, 1.165) is 11.1 Å². The number of carbonyl (C=O) groups excluding carboxylic acids is 1. The lowest BCUT2D eigenvalue weighted by molar-refractivity contribution is 0.0959. The van der Waals surface area contributed by atoms with Gasteiger partial charge < -0.3 is 11.1 Å². The molecule has 0 radical (unpaired) electrons. The summed E-state index contributed by atoms with van der Waals surface area (Å²) in [4.78, 5) is 17.0. The number of thiophene rings is 1. The molecular formula is C16H15N3OS. The van der Waals surface area contributed by atoms with Gasteiger partial charge in [0.15, 0.2) is 0 Å². The van der Waals surface area contributed by atoms with E-state index in [-0.39, 0.29) is 5.91 Å². The number of amides is 1. The molecule has 2 aromatic heterocycles. The second kappa shape index (κ2) is 5.93. The molecule has 1 aromatic carbocycles. The molecule has 2 heterocycles. The van der Waals surface area contributed by atoms with E-state index in [9.17, 15) is 4.79 Å². The predicted octanol–water partition coefficient (Wildman–Crippen LogP) is 2.85. The quantitative estimate of drug-likeness (QED) is 0.778. The number of nitrogen functional groups attached to an aromatic ring is 1. The van der Waals surface area contributed by atoms with Crippen LogP contribution in [0.1, 0.15) is 15.2 Å². The number of benzene rings is 1. The summed E-state index contributed by atoms with van der Waals surface area (Å²) in [7, 11) is 0. The summed E-state index contributed by atoms with van der Waals surface area (Å²) in [6.45, 7) is 0.587. The number of hydrogen-bond acceptors (Lipinski definition) is 4. The number of anilines is 1. The maximum atomic E-state index is 12.2. The van der Waals surface area contributed by atoms with Crippen molar-refractivity contribution in [3.63, 3.8) is 0 Å². The number of pyridine rings is 1. The Morgan fingerprint density at radius 2 is 2.00 bits per heavy atom. The van der Waals surface area contributed by atoms with Crippen molar-refractivity contribution >= 4 is 33.1 Å². The Morgan fingerprint density at radius 1 is 1.19 bits per heavy atom. The Morgan fingerprint density at radius 3 is 2.76 bits per heavy atom. The summed E-state index contributed by atoms with van der Waals surface area (Å²) in [5.74, 6) is -0.133. The zero-order valence-electron chi connectivity index (χ0n) is 11.4. The van der Waals surface area contributed by atoms with Gasteiger partial charge in [0.2, 0.25) is 0 Å². The summed E-state index contributed by atoms with van der Waals surface area (Å²) in [6.07, 6.45) is 2.48. The Labute approximate surface area is 126 Å². The van der Waals surface area contributed by atoms with Gasteiger partial charge in [-0.15, -0.1) is 11.3 Å². The molecule has 0 saturated carbocycles. The minimum atomic E-state index is -0.133. The van der Waals surface area contributed by atoms with Crippen LogP contribution in [0.15, 0.2) is 48.7 Å². The average Bonchev–Trinajstić information content (AvgIpc) is 2.86. The van der Waals surface area contributed by atoms with E-state index in [1.807, 2.05) is 42.5 Å². The fraction of sp³-hybridized carbons (Fsp3) is 0.125. The molecule has 0 unspecified atom stereocenters. The molecule has 106 valence electrons. The highest BCUT2D eigenvalue weighted by Crippen LogP contribution is 2.31. The first-order valence-corrected chi connectivity index (χ1v) is 7.52. The van der Waals surface area contributed by atoms with Crippen LogP contribution in [0.3, 0.4) is 0 Å². The molecule has 0 aliphatic heterocycles. The van der Waals surface area contributed by atoms with Crippen LogP contribution in [-0.2, 0) is 6.42 Å². The van der Waals surface area contributed by atoms with Crippen molar-refractivity contribution in [2.24, 2.45) is 0 Å². The number of nitrogens with one attached hydrogen (secondary N) is 1. The molecule has 4 nitrogen and oxygen atoms in total. The van der Waals surface area contributed by atoms with E-state index in [1.165, 1.54) is 16.9 Å². The highest BCUT2D eigenvalue weighted by atomic mass is 32.1. The molecule has 1 amide bonds. The summed E-state index contributed by atoms with van der Waals surface area (Å²) < 4.78 is 0.934. The average molecular weight is 297 g/mol. The van der Waals surface area contributed by atoms with Gasteiger partial charge in [0.1, 0.15) is 10.4 Å². The highest BCUT2D eigenvalue weighted by Gasteiger charge is 2.16. The van der Waals surface area contributed by atoms with E-state index < -0.39 is 0 Å². The van der Waals surface area contributed by atoms with E-state index in [2.05, 4.69) is 10.3 Å². The number of hydrogen-bond donors (Lipinski definition) is 2. The molecule has 0 bridgehead atoms. The molecule has 0 aliphatic carbocycles. The Bertz CT molecular complexity index is 768. The van der Waals surface area contributed by atoms with Gasteiger partial charge in [0.05, 0.1) is 10.4 Å². The lowest BCUT2D eigenvalue weighted by Gasteiger charge is -2.04. The lowest BCUT2D eigenvalue weighted by atomic mass is 10.1. The molecule has 3 N–H and O–H groups in total. The van der Waals surface area contributed by atoms with Crippen molar-refractivity contribution in [3.8, 4) is 0 Å². The van der Waals surface area contributed by atoms with Crippen LogP contribution in [0.4, 0.5) is 5.69 Å². The lowest BCUT2D eigenvalue weighted by Crippen LogP contribution is -2.25. The molecule has 0 fully saturated rings. The molecular weight excluding hydrogens is 282 g/mol. The van der Waals surface area contributed by atoms with E-state index in [4.69, 9.17) is 5.73 Å². The first kappa shape index (κ1) is 13.6. The molecule has 3 rings (SSSR count). The van der Waals surface area contributed by atoms with Gasteiger partial charge in [-0.25, -0.2) is 0 Å². The molecule has 0 saturated heterocycles. The Hall–Kier alpha value is -2.40. The number of fused-ring (bicyclic) bond motifs is 1. The van der Waals surface area contributed by atoms with Crippen LogP contribution >= 0.6 is 11.3 Å². The minimum Gasteiger partial charge on any atom is -0.396 e. The zero-order chi connectivity index (χ0) is 14.7.